The molecular formula is C17H20N2O3S. The first kappa shape index (κ1) is 17.2. The maximum absolute atomic E-state index is 12.3. The Labute approximate surface area is 136 Å². The average molecular weight is 332 g/mol. The zero-order valence-electron chi connectivity index (χ0n) is 13.2. The molecule has 0 saturated carbocycles. The number of para-hydroxylation sites is 1. The first-order chi connectivity index (χ1) is 10.9. The number of rotatable bonds is 6. The van der Waals surface area contributed by atoms with Gasteiger partial charge in [-0.1, -0.05) is 35.9 Å². The zero-order valence-corrected chi connectivity index (χ0v) is 14.0. The molecule has 0 aliphatic rings. The maximum atomic E-state index is 12.3. The van der Waals surface area contributed by atoms with Gasteiger partial charge in [0.1, 0.15) is 0 Å². The summed E-state index contributed by atoms with van der Waals surface area (Å²) in [5.74, 6) is -0.237. The highest BCUT2D eigenvalue weighted by Crippen LogP contribution is 2.16. The van der Waals surface area contributed by atoms with Crippen molar-refractivity contribution in [3.63, 3.8) is 0 Å². The summed E-state index contributed by atoms with van der Waals surface area (Å²) in [5.41, 5.74) is 2.38. The molecule has 0 heterocycles. The van der Waals surface area contributed by atoms with Gasteiger partial charge in [-0.15, -0.1) is 0 Å². The Morgan fingerprint density at radius 3 is 2.39 bits per heavy atom. The fraction of sp³-hybridized carbons (Fsp3) is 0.235. The molecule has 0 aliphatic heterocycles. The highest BCUT2D eigenvalue weighted by Gasteiger charge is 2.16. The standard InChI is InChI=1S/C17H20N2O3S/c1-13-8-9-16(14(2)12-13)23(21,22)18-11-10-17(20)19-15-6-4-3-5-7-15/h3-9,12,18H,10-11H2,1-2H3,(H,19,20). The topological polar surface area (TPSA) is 75.3 Å². The second-order valence-electron chi connectivity index (χ2n) is 5.33. The summed E-state index contributed by atoms with van der Waals surface area (Å²) >= 11 is 0. The van der Waals surface area contributed by atoms with Crippen molar-refractivity contribution < 1.29 is 13.2 Å². The van der Waals surface area contributed by atoms with Crippen LogP contribution in [0.25, 0.3) is 0 Å². The van der Waals surface area contributed by atoms with Gasteiger partial charge in [0.25, 0.3) is 0 Å². The molecule has 0 unspecified atom stereocenters. The predicted molar refractivity (Wildman–Crippen MR) is 90.8 cm³/mol. The largest absolute Gasteiger partial charge is 0.326 e. The Kier molecular flexibility index (Phi) is 5.52. The van der Waals surface area contributed by atoms with Crippen LogP contribution >= 0.6 is 0 Å². The van der Waals surface area contributed by atoms with Crippen molar-refractivity contribution in [3.8, 4) is 0 Å². The van der Waals surface area contributed by atoms with Gasteiger partial charge in [-0.05, 0) is 37.6 Å². The molecule has 2 rings (SSSR count). The van der Waals surface area contributed by atoms with Crippen LogP contribution in [-0.2, 0) is 14.8 Å². The lowest BCUT2D eigenvalue weighted by atomic mass is 10.2. The smallest absolute Gasteiger partial charge is 0.240 e. The highest BCUT2D eigenvalue weighted by atomic mass is 32.2. The van der Waals surface area contributed by atoms with Crippen molar-refractivity contribution in [1.82, 2.24) is 4.72 Å². The second-order valence-corrected chi connectivity index (χ2v) is 7.07. The number of nitrogens with one attached hydrogen (secondary N) is 2. The first-order valence-corrected chi connectivity index (χ1v) is 8.78. The van der Waals surface area contributed by atoms with Crippen LogP contribution in [0.1, 0.15) is 17.5 Å². The molecular weight excluding hydrogens is 312 g/mol. The molecule has 0 aromatic heterocycles. The molecule has 122 valence electrons. The normalized spacial score (nSPS) is 11.2. The van der Waals surface area contributed by atoms with Gasteiger partial charge >= 0.3 is 0 Å². The Hall–Kier alpha value is -2.18. The number of hydrogen-bond donors (Lipinski definition) is 2. The molecule has 0 atom stereocenters. The summed E-state index contributed by atoms with van der Waals surface area (Å²) in [6.07, 6.45) is 0.0685. The molecule has 6 heteroatoms. The first-order valence-electron chi connectivity index (χ1n) is 7.30. The molecule has 2 aromatic rings. The molecule has 0 bridgehead atoms. The third-order valence-corrected chi connectivity index (χ3v) is 4.94. The van der Waals surface area contributed by atoms with Crippen LogP contribution in [0.5, 0.6) is 0 Å². The van der Waals surface area contributed by atoms with Crippen molar-refractivity contribution in [2.24, 2.45) is 0 Å². The van der Waals surface area contributed by atoms with E-state index in [1.807, 2.05) is 31.2 Å². The van der Waals surface area contributed by atoms with E-state index in [0.29, 0.717) is 11.3 Å². The number of amides is 1. The summed E-state index contributed by atoms with van der Waals surface area (Å²) < 4.78 is 27.0. The molecule has 2 N–H and O–H groups in total. The van der Waals surface area contributed by atoms with Crippen molar-refractivity contribution in [2.75, 3.05) is 11.9 Å². The number of carbonyl (C=O) groups is 1. The number of anilines is 1. The molecule has 0 radical (unpaired) electrons. The van der Waals surface area contributed by atoms with Gasteiger partial charge < -0.3 is 5.32 Å². The summed E-state index contributed by atoms with van der Waals surface area (Å²) in [4.78, 5) is 12.0. The minimum atomic E-state index is -3.61. The summed E-state index contributed by atoms with van der Waals surface area (Å²) in [6.45, 7) is 3.71. The lowest BCUT2D eigenvalue weighted by molar-refractivity contribution is -0.116. The lowest BCUT2D eigenvalue weighted by Gasteiger charge is -2.10. The number of hydrogen-bond acceptors (Lipinski definition) is 3. The number of sulfonamides is 1. The van der Waals surface area contributed by atoms with Crippen LogP contribution in [-0.4, -0.2) is 20.9 Å². The third-order valence-electron chi connectivity index (χ3n) is 3.32. The van der Waals surface area contributed by atoms with Crippen molar-refractivity contribution in [3.05, 3.63) is 59.7 Å². The monoisotopic (exact) mass is 332 g/mol. The molecule has 0 spiro atoms. The van der Waals surface area contributed by atoms with Crippen LogP contribution in [0.3, 0.4) is 0 Å². The maximum Gasteiger partial charge on any atom is 0.240 e. The van der Waals surface area contributed by atoms with Crippen molar-refractivity contribution in [1.29, 1.82) is 0 Å². The van der Waals surface area contributed by atoms with E-state index in [1.165, 1.54) is 0 Å². The van der Waals surface area contributed by atoms with Crippen LogP contribution in [0, 0.1) is 13.8 Å². The van der Waals surface area contributed by atoms with E-state index in [2.05, 4.69) is 10.0 Å². The average Bonchev–Trinajstić information content (AvgIpc) is 2.47. The molecule has 0 saturated heterocycles. The van der Waals surface area contributed by atoms with E-state index in [9.17, 15) is 13.2 Å². The van der Waals surface area contributed by atoms with Gasteiger partial charge in [0, 0.05) is 18.7 Å². The number of aryl methyl sites for hydroxylation is 2. The zero-order chi connectivity index (χ0) is 16.9. The summed E-state index contributed by atoms with van der Waals surface area (Å²) in [5, 5.41) is 2.71. The van der Waals surface area contributed by atoms with Gasteiger partial charge in [-0.3, -0.25) is 4.79 Å². The molecule has 1 amide bonds. The Morgan fingerprint density at radius 2 is 1.74 bits per heavy atom. The second kappa shape index (κ2) is 7.39. The third kappa shape index (κ3) is 4.91. The fourth-order valence-corrected chi connectivity index (χ4v) is 3.48. The van der Waals surface area contributed by atoms with Crippen LogP contribution in [0.2, 0.25) is 0 Å². The van der Waals surface area contributed by atoms with Crippen LogP contribution in [0.15, 0.2) is 53.4 Å². The van der Waals surface area contributed by atoms with E-state index in [0.717, 1.165) is 5.56 Å². The van der Waals surface area contributed by atoms with E-state index < -0.39 is 10.0 Å². The summed E-state index contributed by atoms with van der Waals surface area (Å²) in [6, 6.07) is 14.2. The SMILES string of the molecule is Cc1ccc(S(=O)(=O)NCCC(=O)Nc2ccccc2)c(C)c1. The summed E-state index contributed by atoms with van der Waals surface area (Å²) in [7, 11) is -3.61. The van der Waals surface area contributed by atoms with Crippen molar-refractivity contribution >= 4 is 21.6 Å². The quantitative estimate of drug-likeness (QED) is 0.854. The molecule has 0 aliphatic carbocycles. The van der Waals surface area contributed by atoms with Crippen LogP contribution in [0.4, 0.5) is 5.69 Å². The Bertz CT molecular complexity index is 787. The van der Waals surface area contributed by atoms with Gasteiger partial charge in [0.15, 0.2) is 0 Å². The van der Waals surface area contributed by atoms with E-state index >= 15 is 0 Å². The molecule has 2 aromatic carbocycles. The predicted octanol–water partition coefficient (Wildman–Crippen LogP) is 2.61. The van der Waals surface area contributed by atoms with Gasteiger partial charge in [-0.25, -0.2) is 13.1 Å². The van der Waals surface area contributed by atoms with E-state index in [1.54, 1.807) is 31.2 Å². The number of benzene rings is 2. The molecule has 23 heavy (non-hydrogen) atoms. The molecule has 5 nitrogen and oxygen atoms in total. The van der Waals surface area contributed by atoms with Crippen molar-refractivity contribution in [2.45, 2.75) is 25.2 Å². The van der Waals surface area contributed by atoms with E-state index in [4.69, 9.17) is 0 Å². The van der Waals surface area contributed by atoms with Gasteiger partial charge in [-0.2, -0.15) is 0 Å². The minimum Gasteiger partial charge on any atom is -0.326 e. The highest BCUT2D eigenvalue weighted by molar-refractivity contribution is 7.89. The fourth-order valence-electron chi connectivity index (χ4n) is 2.22. The Morgan fingerprint density at radius 1 is 1.04 bits per heavy atom. The minimum absolute atomic E-state index is 0.0499. The van der Waals surface area contributed by atoms with Crippen LogP contribution < -0.4 is 10.0 Å². The van der Waals surface area contributed by atoms with Gasteiger partial charge in [0.05, 0.1) is 4.90 Å². The molecule has 0 fully saturated rings. The van der Waals surface area contributed by atoms with E-state index in [-0.39, 0.29) is 23.8 Å². The Balaban J connectivity index is 1.91. The van der Waals surface area contributed by atoms with Gasteiger partial charge in [0.2, 0.25) is 15.9 Å². The lowest BCUT2D eigenvalue weighted by Crippen LogP contribution is -2.28. The number of carbonyl (C=O) groups excluding carboxylic acids is 1.